The van der Waals surface area contributed by atoms with E-state index in [1.165, 1.54) is 11.3 Å². The Labute approximate surface area is 160 Å². The number of nitrogens with zero attached hydrogens (tertiary/aromatic N) is 5. The lowest BCUT2D eigenvalue weighted by Gasteiger charge is -2.34. The minimum absolute atomic E-state index is 0.129. The molecular weight excluding hydrogens is 366 g/mol. The molecule has 4 rings (SSSR count). The molecule has 1 aromatic carbocycles. The predicted octanol–water partition coefficient (Wildman–Crippen LogP) is 2.88. The van der Waals surface area contributed by atoms with Gasteiger partial charge in [-0.3, -0.25) is 14.3 Å². The zero-order valence-corrected chi connectivity index (χ0v) is 15.8. The Morgan fingerprint density at radius 2 is 1.85 bits per heavy atom. The second kappa shape index (κ2) is 7.53. The van der Waals surface area contributed by atoms with Crippen LogP contribution in [-0.2, 0) is 6.67 Å². The molecule has 0 radical (unpaired) electrons. The lowest BCUT2D eigenvalue weighted by Crippen LogP contribution is -2.48. The number of carbonyl (C=O) groups excluding carboxylic acids is 1. The molecular formula is C18H19N5OS2. The van der Waals surface area contributed by atoms with Crippen molar-refractivity contribution in [2.75, 3.05) is 26.2 Å². The molecule has 134 valence electrons. The quantitative estimate of drug-likeness (QED) is 0.648. The molecule has 1 fully saturated rings. The largest absolute Gasteiger partial charge is 0.335 e. The summed E-state index contributed by atoms with van der Waals surface area (Å²) in [6.07, 6.45) is 1.76. The van der Waals surface area contributed by atoms with E-state index in [4.69, 9.17) is 12.2 Å². The molecule has 0 aliphatic carbocycles. The Morgan fingerprint density at radius 3 is 2.54 bits per heavy atom. The number of piperazine rings is 1. The van der Waals surface area contributed by atoms with Gasteiger partial charge in [-0.1, -0.05) is 24.3 Å². The fourth-order valence-corrected chi connectivity index (χ4v) is 3.99. The monoisotopic (exact) mass is 385 g/mol. The Bertz CT molecular complexity index is 924. The van der Waals surface area contributed by atoms with Crippen LogP contribution >= 0.6 is 23.6 Å². The van der Waals surface area contributed by atoms with E-state index >= 15 is 0 Å². The first kappa shape index (κ1) is 17.1. The highest BCUT2D eigenvalue weighted by Gasteiger charge is 2.23. The van der Waals surface area contributed by atoms with E-state index in [9.17, 15) is 4.79 Å². The second-order valence-corrected chi connectivity index (χ2v) is 7.46. The average molecular weight is 386 g/mol. The average Bonchev–Trinajstić information content (AvgIpc) is 3.34. The van der Waals surface area contributed by atoms with Gasteiger partial charge in [0.2, 0.25) is 4.77 Å². The Balaban J connectivity index is 1.39. The van der Waals surface area contributed by atoms with Crippen molar-refractivity contribution >= 4 is 29.5 Å². The van der Waals surface area contributed by atoms with E-state index in [-0.39, 0.29) is 5.91 Å². The second-order valence-electron chi connectivity index (χ2n) is 6.15. The molecule has 1 amide bonds. The number of hydrogen-bond acceptors (Lipinski definition) is 5. The Kier molecular flexibility index (Phi) is 4.96. The molecule has 0 saturated carbocycles. The van der Waals surface area contributed by atoms with Crippen molar-refractivity contribution in [3.05, 3.63) is 63.8 Å². The van der Waals surface area contributed by atoms with Crippen molar-refractivity contribution in [2.45, 2.75) is 6.67 Å². The third-order valence-electron chi connectivity index (χ3n) is 4.49. The molecule has 0 N–H and O–H groups in total. The van der Waals surface area contributed by atoms with Gasteiger partial charge in [0.1, 0.15) is 6.33 Å². The van der Waals surface area contributed by atoms with Gasteiger partial charge in [-0.2, -0.15) is 5.10 Å². The van der Waals surface area contributed by atoms with Gasteiger partial charge in [0.15, 0.2) is 0 Å². The lowest BCUT2D eigenvalue weighted by molar-refractivity contribution is 0.0590. The van der Waals surface area contributed by atoms with Crippen molar-refractivity contribution in [3.8, 4) is 5.69 Å². The predicted molar refractivity (Wildman–Crippen MR) is 104 cm³/mol. The summed E-state index contributed by atoms with van der Waals surface area (Å²) in [5.41, 5.74) is 1.01. The minimum Gasteiger partial charge on any atom is -0.335 e. The molecule has 1 aliphatic rings. The summed E-state index contributed by atoms with van der Waals surface area (Å²) >= 11 is 7.06. The number of thiophene rings is 1. The SMILES string of the molecule is O=C(c1cccs1)N1CCN(Cn2ncn(-c3ccccc3)c2=S)CC1. The van der Waals surface area contributed by atoms with Gasteiger partial charge in [-0.15, -0.1) is 11.3 Å². The van der Waals surface area contributed by atoms with Crippen LogP contribution in [0.3, 0.4) is 0 Å². The standard InChI is InChI=1S/C18H19N5OS2/c24-17(16-7-4-12-26-16)21-10-8-20(9-11-21)14-23-18(25)22(13-19-23)15-5-2-1-3-6-15/h1-7,12-13H,8-11,14H2. The summed E-state index contributed by atoms with van der Waals surface area (Å²) < 4.78 is 4.42. The van der Waals surface area contributed by atoms with E-state index in [1.54, 1.807) is 6.33 Å². The normalized spacial score (nSPS) is 15.3. The van der Waals surface area contributed by atoms with Crippen LogP contribution in [0.4, 0.5) is 0 Å². The maximum Gasteiger partial charge on any atom is 0.264 e. The van der Waals surface area contributed by atoms with E-state index in [1.807, 2.05) is 62.0 Å². The molecule has 2 aromatic heterocycles. The van der Waals surface area contributed by atoms with E-state index in [2.05, 4.69) is 10.00 Å². The van der Waals surface area contributed by atoms with Crippen molar-refractivity contribution in [2.24, 2.45) is 0 Å². The highest BCUT2D eigenvalue weighted by Crippen LogP contribution is 2.14. The van der Waals surface area contributed by atoms with Crippen molar-refractivity contribution in [1.29, 1.82) is 0 Å². The van der Waals surface area contributed by atoms with Crippen molar-refractivity contribution < 1.29 is 4.79 Å². The van der Waals surface area contributed by atoms with Crippen LogP contribution in [0.15, 0.2) is 54.2 Å². The molecule has 6 nitrogen and oxygen atoms in total. The number of rotatable bonds is 4. The zero-order chi connectivity index (χ0) is 17.9. The third-order valence-corrected chi connectivity index (χ3v) is 5.76. The molecule has 3 aromatic rings. The highest BCUT2D eigenvalue weighted by molar-refractivity contribution is 7.71. The van der Waals surface area contributed by atoms with Crippen molar-refractivity contribution in [1.82, 2.24) is 24.1 Å². The van der Waals surface area contributed by atoms with Gasteiger partial charge in [-0.25, -0.2) is 4.68 Å². The fourth-order valence-electron chi connectivity index (χ4n) is 3.04. The summed E-state index contributed by atoms with van der Waals surface area (Å²) in [7, 11) is 0. The summed E-state index contributed by atoms with van der Waals surface area (Å²) in [6, 6.07) is 13.8. The highest BCUT2D eigenvalue weighted by atomic mass is 32.1. The molecule has 0 spiro atoms. The summed E-state index contributed by atoms with van der Waals surface area (Å²) in [5, 5.41) is 6.37. The van der Waals surface area contributed by atoms with Gasteiger partial charge in [0, 0.05) is 31.9 Å². The molecule has 8 heteroatoms. The zero-order valence-electron chi connectivity index (χ0n) is 14.2. The summed E-state index contributed by atoms with van der Waals surface area (Å²) in [4.78, 5) is 17.4. The van der Waals surface area contributed by atoms with Crippen LogP contribution in [0, 0.1) is 4.77 Å². The first-order valence-electron chi connectivity index (χ1n) is 8.47. The molecule has 3 heterocycles. The summed E-state index contributed by atoms with van der Waals surface area (Å²) in [6.45, 7) is 3.72. The Morgan fingerprint density at radius 1 is 1.08 bits per heavy atom. The van der Waals surface area contributed by atoms with Gasteiger partial charge in [0.05, 0.1) is 11.5 Å². The molecule has 1 aliphatic heterocycles. The van der Waals surface area contributed by atoms with Crippen LogP contribution < -0.4 is 0 Å². The van der Waals surface area contributed by atoms with Crippen LogP contribution in [0.1, 0.15) is 9.67 Å². The van der Waals surface area contributed by atoms with Crippen LogP contribution in [0.2, 0.25) is 0 Å². The maximum absolute atomic E-state index is 12.4. The summed E-state index contributed by atoms with van der Waals surface area (Å²) in [5.74, 6) is 0.129. The first-order valence-corrected chi connectivity index (χ1v) is 9.76. The number of aromatic nitrogens is 3. The third kappa shape index (κ3) is 3.48. The van der Waals surface area contributed by atoms with Crippen molar-refractivity contribution in [3.63, 3.8) is 0 Å². The molecule has 0 bridgehead atoms. The van der Waals surface area contributed by atoms with E-state index in [0.29, 0.717) is 11.4 Å². The van der Waals surface area contributed by atoms with Gasteiger partial charge in [0.25, 0.3) is 5.91 Å². The van der Waals surface area contributed by atoms with Crippen LogP contribution in [0.5, 0.6) is 0 Å². The molecule has 0 atom stereocenters. The Hall–Kier alpha value is -2.29. The van der Waals surface area contributed by atoms with Gasteiger partial charge < -0.3 is 4.90 Å². The lowest BCUT2D eigenvalue weighted by atomic mass is 10.3. The number of benzene rings is 1. The number of hydrogen-bond donors (Lipinski definition) is 0. The fraction of sp³-hybridized carbons (Fsp3) is 0.278. The minimum atomic E-state index is 0.129. The molecule has 0 unspecified atom stereocenters. The molecule has 26 heavy (non-hydrogen) atoms. The maximum atomic E-state index is 12.4. The van der Waals surface area contributed by atoms with Crippen LogP contribution in [0.25, 0.3) is 5.69 Å². The van der Waals surface area contributed by atoms with E-state index in [0.717, 1.165) is 36.7 Å². The topological polar surface area (TPSA) is 46.3 Å². The van der Waals surface area contributed by atoms with E-state index < -0.39 is 0 Å². The van der Waals surface area contributed by atoms with Gasteiger partial charge >= 0.3 is 0 Å². The first-order chi connectivity index (χ1) is 12.7. The van der Waals surface area contributed by atoms with Gasteiger partial charge in [-0.05, 0) is 35.8 Å². The number of amides is 1. The molecule has 1 saturated heterocycles. The smallest absolute Gasteiger partial charge is 0.264 e. The number of carbonyl (C=O) groups is 1. The van der Waals surface area contributed by atoms with Crippen LogP contribution in [-0.4, -0.2) is 56.2 Å². The number of para-hydroxylation sites is 1.